The molecule has 2 N–H and O–H groups in total. The van der Waals surface area contributed by atoms with Gasteiger partial charge in [0.15, 0.2) is 0 Å². The van der Waals surface area contributed by atoms with E-state index in [9.17, 15) is 22.8 Å². The van der Waals surface area contributed by atoms with Crippen LogP contribution in [0.2, 0.25) is 0 Å². The van der Waals surface area contributed by atoms with E-state index in [1.165, 1.54) is 0 Å². The molecule has 14 heteroatoms. The predicted octanol–water partition coefficient (Wildman–Crippen LogP) is 2.01. The molecule has 3 heterocycles. The number of piperidine rings is 1. The average Bonchev–Trinajstić information content (AvgIpc) is 3.30. The van der Waals surface area contributed by atoms with Gasteiger partial charge >= 0.3 is 12.1 Å². The summed E-state index contributed by atoms with van der Waals surface area (Å²) in [6, 6.07) is 9.00. The molecule has 4 rings (SSSR count). The number of carbonyl (C=O) groups is 3. The third-order valence-corrected chi connectivity index (χ3v) is 6.19. The smallest absolute Gasteiger partial charge is 0.490 e. The number of likely N-dealkylation sites (tertiary alicyclic amines) is 1. The van der Waals surface area contributed by atoms with E-state index in [1.807, 2.05) is 30.1 Å². The molecule has 208 valence electrons. The number of amides is 2. The molecule has 1 spiro atoms. The van der Waals surface area contributed by atoms with Crippen LogP contribution in [0.15, 0.2) is 36.5 Å². The number of morpholine rings is 1. The summed E-state index contributed by atoms with van der Waals surface area (Å²) < 4.78 is 45.0. The molecule has 2 aliphatic heterocycles. The Labute approximate surface area is 217 Å². The highest BCUT2D eigenvalue weighted by Crippen LogP contribution is 2.33. The van der Waals surface area contributed by atoms with Crippen molar-refractivity contribution in [2.45, 2.75) is 30.7 Å². The van der Waals surface area contributed by atoms with E-state index in [-0.39, 0.29) is 11.8 Å². The fourth-order valence-corrected chi connectivity index (χ4v) is 4.36. The number of aromatic nitrogens is 2. The van der Waals surface area contributed by atoms with Gasteiger partial charge in [-0.1, -0.05) is 6.07 Å². The predicted molar refractivity (Wildman–Crippen MR) is 129 cm³/mol. The minimum absolute atomic E-state index is 0.0630. The number of anilines is 1. The number of halogens is 3. The number of likely N-dealkylation sites (N-methyl/N-ethyl adjacent to an activating group) is 1. The number of rotatable bonds is 4. The molecule has 1 atom stereocenters. The van der Waals surface area contributed by atoms with E-state index >= 15 is 0 Å². The van der Waals surface area contributed by atoms with Crippen LogP contribution in [-0.2, 0) is 21.4 Å². The monoisotopic (exact) mass is 541 g/mol. The summed E-state index contributed by atoms with van der Waals surface area (Å²) in [5.74, 6) is -2.31. The fourth-order valence-electron chi connectivity index (χ4n) is 4.36. The van der Waals surface area contributed by atoms with Crippen LogP contribution in [0.5, 0.6) is 5.75 Å². The molecule has 38 heavy (non-hydrogen) atoms. The summed E-state index contributed by atoms with van der Waals surface area (Å²) in [7, 11) is 5.39. The highest BCUT2D eigenvalue weighted by Gasteiger charge is 2.45. The average molecular weight is 542 g/mol. The van der Waals surface area contributed by atoms with Gasteiger partial charge in [0.05, 0.1) is 12.7 Å². The summed E-state index contributed by atoms with van der Waals surface area (Å²) in [5, 5.41) is 14.3. The van der Waals surface area contributed by atoms with Crippen LogP contribution in [0.1, 0.15) is 23.3 Å². The summed E-state index contributed by atoms with van der Waals surface area (Å²) in [5.41, 5.74) is 0.686. The Morgan fingerprint density at radius 2 is 1.84 bits per heavy atom. The molecule has 2 saturated heterocycles. The number of nitrogens with one attached hydrogen (secondary N) is 1. The first-order chi connectivity index (χ1) is 17.8. The molecule has 1 unspecified atom stereocenters. The number of alkyl halides is 3. The molecule has 0 bridgehead atoms. The van der Waals surface area contributed by atoms with Crippen LogP contribution in [0, 0.1) is 0 Å². The number of carboxylic acids is 1. The van der Waals surface area contributed by atoms with Crippen molar-refractivity contribution >= 4 is 23.5 Å². The Hall–Kier alpha value is -3.65. The highest BCUT2D eigenvalue weighted by molar-refractivity contribution is 5.94. The Bertz CT molecular complexity index is 1150. The Kier molecular flexibility index (Phi) is 8.99. The van der Waals surface area contributed by atoms with Gasteiger partial charge in [0.25, 0.3) is 11.8 Å². The first-order valence-corrected chi connectivity index (χ1v) is 11.7. The SMILES string of the molecule is COc1cccc(NC(=O)C2CN(C)CC3(CCN(C(=O)c4ccn(C)n4)CC3)O2)c1.O=C(O)C(F)(F)F. The van der Waals surface area contributed by atoms with E-state index in [1.54, 1.807) is 37.2 Å². The summed E-state index contributed by atoms with van der Waals surface area (Å²) in [6.07, 6.45) is -2.54. The number of benzene rings is 1. The topological polar surface area (TPSA) is 126 Å². The lowest BCUT2D eigenvalue weighted by Gasteiger charge is -2.48. The molecule has 2 aliphatic rings. The minimum atomic E-state index is -5.08. The lowest BCUT2D eigenvalue weighted by atomic mass is 9.88. The van der Waals surface area contributed by atoms with Gasteiger partial charge in [-0.15, -0.1) is 0 Å². The van der Waals surface area contributed by atoms with Crippen LogP contribution < -0.4 is 10.1 Å². The lowest BCUT2D eigenvalue weighted by Crippen LogP contribution is -2.61. The van der Waals surface area contributed by atoms with Gasteiger partial charge in [-0.05, 0) is 38.1 Å². The van der Waals surface area contributed by atoms with Gasteiger partial charge in [-0.25, -0.2) is 4.79 Å². The number of nitrogens with zero attached hydrogens (tertiary/aromatic N) is 4. The zero-order valence-corrected chi connectivity index (χ0v) is 21.2. The van der Waals surface area contributed by atoms with E-state index in [0.717, 1.165) is 6.54 Å². The lowest BCUT2D eigenvalue weighted by molar-refractivity contribution is -0.192. The van der Waals surface area contributed by atoms with Crippen LogP contribution >= 0.6 is 0 Å². The maximum absolute atomic E-state index is 12.9. The number of hydrogen-bond donors (Lipinski definition) is 2. The van der Waals surface area contributed by atoms with Crippen molar-refractivity contribution < 1.29 is 42.1 Å². The van der Waals surface area contributed by atoms with E-state index in [4.69, 9.17) is 19.4 Å². The van der Waals surface area contributed by atoms with Crippen molar-refractivity contribution in [1.82, 2.24) is 19.6 Å². The van der Waals surface area contributed by atoms with E-state index in [0.29, 0.717) is 49.6 Å². The number of carbonyl (C=O) groups excluding carboxylic acids is 2. The highest BCUT2D eigenvalue weighted by atomic mass is 19.4. The second kappa shape index (κ2) is 11.8. The van der Waals surface area contributed by atoms with Crippen molar-refractivity contribution in [3.05, 3.63) is 42.2 Å². The molecule has 1 aromatic carbocycles. The molecular weight excluding hydrogens is 511 g/mol. The molecule has 2 amide bonds. The van der Waals surface area contributed by atoms with Crippen molar-refractivity contribution in [3.8, 4) is 5.75 Å². The van der Waals surface area contributed by atoms with Gasteiger partial charge in [0.2, 0.25) is 0 Å². The molecule has 0 radical (unpaired) electrons. The normalized spacial score (nSPS) is 19.3. The third-order valence-electron chi connectivity index (χ3n) is 6.19. The third kappa shape index (κ3) is 7.44. The van der Waals surface area contributed by atoms with Gasteiger partial charge in [0, 0.05) is 51.2 Å². The van der Waals surface area contributed by atoms with Crippen LogP contribution in [0.25, 0.3) is 0 Å². The van der Waals surface area contributed by atoms with Crippen molar-refractivity contribution in [3.63, 3.8) is 0 Å². The Morgan fingerprint density at radius 3 is 2.39 bits per heavy atom. The fraction of sp³-hybridized carbons (Fsp3) is 0.500. The van der Waals surface area contributed by atoms with Crippen molar-refractivity contribution in [1.29, 1.82) is 0 Å². The first kappa shape index (κ1) is 28.9. The summed E-state index contributed by atoms with van der Waals surface area (Å²) in [4.78, 5) is 38.5. The second-order valence-corrected chi connectivity index (χ2v) is 9.18. The number of aliphatic carboxylic acids is 1. The van der Waals surface area contributed by atoms with Gasteiger partial charge in [-0.3, -0.25) is 14.3 Å². The van der Waals surface area contributed by atoms with E-state index in [2.05, 4.69) is 15.3 Å². The molecule has 11 nitrogen and oxygen atoms in total. The largest absolute Gasteiger partial charge is 0.497 e. The van der Waals surface area contributed by atoms with Crippen LogP contribution in [0.4, 0.5) is 18.9 Å². The summed E-state index contributed by atoms with van der Waals surface area (Å²) in [6.45, 7) is 2.41. The minimum Gasteiger partial charge on any atom is -0.497 e. The first-order valence-electron chi connectivity index (χ1n) is 11.7. The van der Waals surface area contributed by atoms with Crippen LogP contribution in [-0.4, -0.2) is 101 Å². The Balaban J connectivity index is 0.000000505. The zero-order chi connectivity index (χ0) is 28.1. The molecule has 0 aliphatic carbocycles. The number of hydrogen-bond acceptors (Lipinski definition) is 7. The van der Waals surface area contributed by atoms with Crippen molar-refractivity contribution in [2.24, 2.45) is 7.05 Å². The van der Waals surface area contributed by atoms with Gasteiger partial charge in [-0.2, -0.15) is 18.3 Å². The standard InChI is InChI=1S/C22H29N5O4.C2HF3O2/c1-25-14-19(20(28)23-16-5-4-6-17(13-16)30-3)31-22(15-25)8-11-27(12-9-22)21(29)18-7-10-26(2)24-18;3-2(4,5)1(6)7/h4-7,10,13,19H,8-9,11-12,14-15H2,1-3H3,(H,23,28);(H,6,7). The molecule has 2 aromatic rings. The number of aryl methyl sites for hydroxylation is 1. The van der Waals surface area contributed by atoms with Crippen molar-refractivity contribution in [2.75, 3.05) is 45.7 Å². The molecule has 0 saturated carbocycles. The summed E-state index contributed by atoms with van der Waals surface area (Å²) >= 11 is 0. The van der Waals surface area contributed by atoms with Crippen LogP contribution in [0.3, 0.4) is 0 Å². The zero-order valence-electron chi connectivity index (χ0n) is 21.2. The molecular formula is C24H30F3N5O6. The maximum atomic E-state index is 12.9. The van der Waals surface area contributed by atoms with Gasteiger partial charge < -0.3 is 29.7 Å². The van der Waals surface area contributed by atoms with Gasteiger partial charge in [0.1, 0.15) is 17.5 Å². The maximum Gasteiger partial charge on any atom is 0.490 e. The quantitative estimate of drug-likeness (QED) is 0.602. The Morgan fingerprint density at radius 1 is 1.18 bits per heavy atom. The molecule has 2 fully saturated rings. The second-order valence-electron chi connectivity index (χ2n) is 9.18. The number of carboxylic acid groups (broad SMARTS) is 1. The number of methoxy groups -OCH3 is 1. The number of ether oxygens (including phenoxy) is 2. The van der Waals surface area contributed by atoms with E-state index < -0.39 is 23.9 Å². The molecule has 1 aromatic heterocycles.